The molecule has 0 saturated carbocycles. The van der Waals surface area contributed by atoms with Gasteiger partial charge in [0.25, 0.3) is 5.91 Å². The van der Waals surface area contributed by atoms with Gasteiger partial charge in [0.05, 0.1) is 17.9 Å². The maximum absolute atomic E-state index is 12.7. The maximum atomic E-state index is 12.7. The van der Waals surface area contributed by atoms with Gasteiger partial charge in [0.15, 0.2) is 5.84 Å². The lowest BCUT2D eigenvalue weighted by Crippen LogP contribution is -2.41. The Morgan fingerprint density at radius 1 is 1.31 bits per heavy atom. The molecule has 1 fully saturated rings. The Kier molecular flexibility index (Phi) is 5.31. The van der Waals surface area contributed by atoms with Gasteiger partial charge >= 0.3 is 0 Å². The summed E-state index contributed by atoms with van der Waals surface area (Å²) >= 11 is 0. The van der Waals surface area contributed by atoms with Crippen LogP contribution in [-0.4, -0.2) is 50.4 Å². The largest absolute Gasteiger partial charge is 0.492 e. The molecular weight excluding hydrogens is 394 g/mol. The van der Waals surface area contributed by atoms with Crippen molar-refractivity contribution in [3.05, 3.63) is 53.9 Å². The summed E-state index contributed by atoms with van der Waals surface area (Å²) in [5.74, 6) is 0.719. The standard InChI is InChI=1S/C19H23N5O4S/c20-18-17-15(22-29(26,27)23-18)4-1-5-16(17)28-12-13-3-2-10-24(11-13)19(25)14-6-8-21-9-7-14/h1,4-9,13,22,26-27H,2-3,10-12H2,(H2,20,23). The summed E-state index contributed by atoms with van der Waals surface area (Å²) < 4.78 is 31.8. The number of nitrogens with one attached hydrogen (secondary N) is 1. The first-order chi connectivity index (χ1) is 13.9. The van der Waals surface area contributed by atoms with E-state index in [0.717, 1.165) is 19.4 Å². The molecule has 9 nitrogen and oxygen atoms in total. The van der Waals surface area contributed by atoms with Gasteiger partial charge in [-0.3, -0.25) is 23.6 Å². The Balaban J connectivity index is 1.43. The summed E-state index contributed by atoms with van der Waals surface area (Å²) in [5, 5.41) is 0. The van der Waals surface area contributed by atoms with Crippen LogP contribution in [0, 0.1) is 5.92 Å². The van der Waals surface area contributed by atoms with E-state index < -0.39 is 11.0 Å². The highest BCUT2D eigenvalue weighted by atomic mass is 32.3. The quantitative estimate of drug-likeness (QED) is 0.601. The van der Waals surface area contributed by atoms with Gasteiger partial charge in [-0.05, 0) is 48.1 Å². The van der Waals surface area contributed by atoms with Crippen LogP contribution in [0.2, 0.25) is 0 Å². The second-order valence-electron chi connectivity index (χ2n) is 7.08. The zero-order chi connectivity index (χ0) is 20.4. The summed E-state index contributed by atoms with van der Waals surface area (Å²) in [5.41, 5.74) is 7.54. The summed E-state index contributed by atoms with van der Waals surface area (Å²) in [6.45, 7) is 1.75. The minimum Gasteiger partial charge on any atom is -0.492 e. The van der Waals surface area contributed by atoms with Crippen molar-refractivity contribution in [3.63, 3.8) is 0 Å². The van der Waals surface area contributed by atoms with E-state index in [1.165, 1.54) is 0 Å². The molecule has 4 rings (SSSR count). The first kappa shape index (κ1) is 19.5. The van der Waals surface area contributed by atoms with Crippen LogP contribution >= 0.6 is 11.0 Å². The number of aromatic nitrogens is 1. The fourth-order valence-electron chi connectivity index (χ4n) is 3.62. The maximum Gasteiger partial charge on any atom is 0.253 e. The van der Waals surface area contributed by atoms with E-state index in [1.54, 1.807) is 42.7 Å². The highest BCUT2D eigenvalue weighted by Crippen LogP contribution is 2.46. The monoisotopic (exact) mass is 417 g/mol. The van der Waals surface area contributed by atoms with E-state index in [1.807, 2.05) is 4.90 Å². The van der Waals surface area contributed by atoms with Crippen molar-refractivity contribution in [2.24, 2.45) is 16.0 Å². The molecule has 1 aromatic carbocycles. The average molecular weight is 417 g/mol. The smallest absolute Gasteiger partial charge is 0.253 e. The van der Waals surface area contributed by atoms with Crippen LogP contribution < -0.4 is 15.2 Å². The van der Waals surface area contributed by atoms with Crippen LogP contribution in [0.3, 0.4) is 0 Å². The Morgan fingerprint density at radius 2 is 2.10 bits per heavy atom. The summed E-state index contributed by atoms with van der Waals surface area (Å²) in [4.78, 5) is 18.5. The van der Waals surface area contributed by atoms with Gasteiger partial charge in [-0.25, -0.2) is 0 Å². The Labute approximate surface area is 170 Å². The highest BCUT2D eigenvalue weighted by molar-refractivity contribution is 8.24. The molecule has 1 saturated heterocycles. The van der Waals surface area contributed by atoms with Crippen LogP contribution in [0.25, 0.3) is 0 Å². The highest BCUT2D eigenvalue weighted by Gasteiger charge is 2.27. The summed E-state index contributed by atoms with van der Waals surface area (Å²) in [6.07, 6.45) is 5.10. The number of rotatable bonds is 4. The van der Waals surface area contributed by atoms with Gasteiger partial charge in [-0.2, -0.15) is 0 Å². The molecular formula is C19H23N5O4S. The van der Waals surface area contributed by atoms with E-state index in [9.17, 15) is 13.9 Å². The van der Waals surface area contributed by atoms with Crippen LogP contribution in [0.4, 0.5) is 5.69 Å². The van der Waals surface area contributed by atoms with Crippen molar-refractivity contribution in [1.29, 1.82) is 0 Å². The van der Waals surface area contributed by atoms with Crippen molar-refractivity contribution < 1.29 is 18.6 Å². The predicted molar refractivity (Wildman–Crippen MR) is 112 cm³/mol. The van der Waals surface area contributed by atoms with E-state index in [4.69, 9.17) is 10.5 Å². The molecule has 0 bridgehead atoms. The molecule has 154 valence electrons. The number of benzene rings is 1. The average Bonchev–Trinajstić information content (AvgIpc) is 2.71. The van der Waals surface area contributed by atoms with Crippen molar-refractivity contribution >= 4 is 28.4 Å². The second-order valence-corrected chi connectivity index (χ2v) is 8.51. The number of hydrogen-bond acceptors (Lipinski definition) is 8. The number of carbonyl (C=O) groups is 1. The summed E-state index contributed by atoms with van der Waals surface area (Å²) in [7, 11) is -3.33. The third kappa shape index (κ3) is 4.29. The molecule has 2 aliphatic heterocycles. The molecule has 0 radical (unpaired) electrons. The summed E-state index contributed by atoms with van der Waals surface area (Å²) in [6, 6.07) is 8.64. The van der Waals surface area contributed by atoms with Gasteiger partial charge < -0.3 is 15.4 Å². The number of pyridine rings is 1. The number of carbonyl (C=O) groups excluding carboxylic acids is 1. The van der Waals surface area contributed by atoms with Gasteiger partial charge in [0, 0.05) is 37.0 Å². The number of amidine groups is 1. The number of nitrogens with two attached hydrogens (primary N) is 1. The number of likely N-dealkylation sites (tertiary alicyclic amines) is 1. The number of ether oxygens (including phenoxy) is 1. The third-order valence-electron chi connectivity index (χ3n) is 4.96. The lowest BCUT2D eigenvalue weighted by atomic mass is 9.98. The second kappa shape index (κ2) is 7.90. The lowest BCUT2D eigenvalue weighted by Gasteiger charge is -2.34. The molecule has 10 heteroatoms. The van der Waals surface area contributed by atoms with Gasteiger partial charge in [-0.15, -0.1) is 4.40 Å². The minimum atomic E-state index is -3.33. The molecule has 0 aliphatic carbocycles. The molecule has 1 unspecified atom stereocenters. The Bertz CT molecular complexity index is 937. The Hall–Kier alpha value is -2.82. The first-order valence-corrected chi connectivity index (χ1v) is 10.8. The van der Waals surface area contributed by atoms with Crippen molar-refractivity contribution in [2.45, 2.75) is 12.8 Å². The van der Waals surface area contributed by atoms with Crippen LogP contribution in [-0.2, 0) is 0 Å². The van der Waals surface area contributed by atoms with E-state index in [0.29, 0.717) is 35.7 Å². The molecule has 5 N–H and O–H groups in total. The fraction of sp³-hybridized carbons (Fsp3) is 0.316. The zero-order valence-corrected chi connectivity index (χ0v) is 16.5. The zero-order valence-electron chi connectivity index (χ0n) is 15.7. The van der Waals surface area contributed by atoms with Crippen molar-refractivity contribution in [3.8, 4) is 5.75 Å². The minimum absolute atomic E-state index is 0.0000234. The molecule has 3 heterocycles. The van der Waals surface area contributed by atoms with E-state index >= 15 is 0 Å². The number of amides is 1. The van der Waals surface area contributed by atoms with Gasteiger partial charge in [0.2, 0.25) is 0 Å². The van der Waals surface area contributed by atoms with Gasteiger partial charge in [0.1, 0.15) is 5.75 Å². The van der Waals surface area contributed by atoms with Crippen molar-refractivity contribution in [1.82, 2.24) is 9.88 Å². The number of nitrogens with zero attached hydrogens (tertiary/aromatic N) is 3. The molecule has 2 aromatic rings. The number of hydrogen-bond donors (Lipinski definition) is 4. The molecule has 1 atom stereocenters. The predicted octanol–water partition coefficient (Wildman–Crippen LogP) is 2.72. The first-order valence-electron chi connectivity index (χ1n) is 9.30. The van der Waals surface area contributed by atoms with Crippen LogP contribution in [0.1, 0.15) is 28.8 Å². The molecule has 0 spiro atoms. The molecule has 2 aliphatic rings. The molecule has 29 heavy (non-hydrogen) atoms. The molecule has 1 aromatic heterocycles. The number of fused-ring (bicyclic) bond motifs is 1. The van der Waals surface area contributed by atoms with E-state index in [-0.39, 0.29) is 17.7 Å². The topological polar surface area (TPSA) is 133 Å². The third-order valence-corrected chi connectivity index (χ3v) is 5.91. The Morgan fingerprint density at radius 3 is 2.90 bits per heavy atom. The number of anilines is 1. The van der Waals surface area contributed by atoms with Crippen molar-refractivity contribution in [2.75, 3.05) is 24.4 Å². The normalized spacial score (nSPS) is 21.4. The number of piperidine rings is 1. The van der Waals surface area contributed by atoms with Crippen LogP contribution in [0.15, 0.2) is 47.1 Å². The van der Waals surface area contributed by atoms with E-state index in [2.05, 4.69) is 14.1 Å². The SMILES string of the molecule is NC1=NS(O)(O)Nc2cccc(OCC3CCCN(C(=O)c4ccncc4)C3)c21. The fourth-order valence-corrected chi connectivity index (χ4v) is 4.50. The van der Waals surface area contributed by atoms with Gasteiger partial charge in [-0.1, -0.05) is 6.07 Å². The van der Waals surface area contributed by atoms with Crippen LogP contribution in [0.5, 0.6) is 5.75 Å². The molecule has 1 amide bonds. The lowest BCUT2D eigenvalue weighted by molar-refractivity contribution is 0.0633.